The highest BCUT2D eigenvalue weighted by Gasteiger charge is 2.22. The Kier molecular flexibility index (Phi) is 10.4. The molecule has 0 atom stereocenters. The fourth-order valence-electron chi connectivity index (χ4n) is 2.07. The van der Waals surface area contributed by atoms with Gasteiger partial charge in [0.2, 0.25) is 0 Å². The van der Waals surface area contributed by atoms with Crippen molar-refractivity contribution in [3.05, 3.63) is 59.7 Å². The summed E-state index contributed by atoms with van der Waals surface area (Å²) in [5.41, 5.74) is 0.0368. The lowest BCUT2D eigenvalue weighted by molar-refractivity contribution is -0.137. The van der Waals surface area contributed by atoms with E-state index < -0.39 is 23.9 Å². The van der Waals surface area contributed by atoms with E-state index in [-0.39, 0.29) is 42.7 Å². The minimum absolute atomic E-state index is 0.00520. The summed E-state index contributed by atoms with van der Waals surface area (Å²) < 4.78 is 4.82. The predicted octanol–water partition coefficient (Wildman–Crippen LogP) is 1.15. The van der Waals surface area contributed by atoms with Gasteiger partial charge in [-0.15, -0.1) is 0 Å². The van der Waals surface area contributed by atoms with Gasteiger partial charge in [-0.1, -0.05) is 19.2 Å². The number of rotatable bonds is 9. The molecule has 1 aromatic rings. The number of carbonyl (C=O) groups is 4. The zero-order valence-corrected chi connectivity index (χ0v) is 14.4. The van der Waals surface area contributed by atoms with E-state index in [1.54, 1.807) is 0 Å². The molecule has 9 heteroatoms. The molecule has 1 rings (SSSR count). The number of carboxylic acids is 3. The first-order valence-electron chi connectivity index (χ1n) is 7.56. The zero-order valence-electron chi connectivity index (χ0n) is 14.4. The van der Waals surface area contributed by atoms with Gasteiger partial charge in [-0.3, -0.25) is 0 Å². The second-order valence-electron chi connectivity index (χ2n) is 4.87. The number of aliphatic carboxylic acids is 1. The van der Waals surface area contributed by atoms with Crippen molar-refractivity contribution in [1.82, 2.24) is 0 Å². The predicted molar refractivity (Wildman–Crippen MR) is 93.8 cm³/mol. The molecule has 0 radical (unpaired) electrons. The number of hydrogen-bond donors (Lipinski definition) is 4. The monoisotopic (exact) mass is 380 g/mol. The first-order chi connectivity index (χ1) is 12.7. The van der Waals surface area contributed by atoms with E-state index in [0.717, 1.165) is 12.2 Å². The minimum atomic E-state index is -1.38. The molecule has 0 heterocycles. The van der Waals surface area contributed by atoms with Gasteiger partial charge in [0.05, 0.1) is 17.7 Å². The van der Waals surface area contributed by atoms with E-state index in [9.17, 15) is 24.3 Å². The number of carbonyl (C=O) groups excluding carboxylic acids is 1. The third-order valence-corrected chi connectivity index (χ3v) is 3.17. The third-order valence-electron chi connectivity index (χ3n) is 3.17. The quantitative estimate of drug-likeness (QED) is 0.364. The molecule has 0 aliphatic heterocycles. The molecule has 0 spiro atoms. The zero-order chi connectivity index (χ0) is 21.0. The molecule has 0 aliphatic carbocycles. The lowest BCUT2D eigenvalue weighted by atomic mass is 9.92. The largest absolute Gasteiger partial charge is 0.478 e. The Bertz CT molecular complexity index is 735. The third kappa shape index (κ3) is 7.97. The van der Waals surface area contributed by atoms with Crippen LogP contribution in [0.4, 0.5) is 0 Å². The van der Waals surface area contributed by atoms with Crippen LogP contribution in [0.5, 0.6) is 0 Å². The number of carboxylic acid groups (broad SMARTS) is 3. The second-order valence-corrected chi connectivity index (χ2v) is 4.87. The lowest BCUT2D eigenvalue weighted by Crippen LogP contribution is -2.16. The second kappa shape index (κ2) is 12.0. The highest BCUT2D eigenvalue weighted by molar-refractivity contribution is 6.03. The van der Waals surface area contributed by atoms with Crippen LogP contribution in [0.3, 0.4) is 0 Å². The Labute approximate surface area is 154 Å². The van der Waals surface area contributed by atoms with E-state index in [2.05, 4.69) is 13.2 Å². The standard InChI is InChI=1S/C15H16O7.C3H4O2/c1-2-12(17)22-8-6-9-3-4-11(14(18)19)13(15(20)21)10(9)5-7-16;1-2-3(4)5/h2-4,16H,1,5-8H2,(H,18,19)(H,20,21);2H,1H2,(H,4,5). The highest BCUT2D eigenvalue weighted by atomic mass is 16.5. The van der Waals surface area contributed by atoms with E-state index in [4.69, 9.17) is 20.1 Å². The molecule has 9 nitrogen and oxygen atoms in total. The van der Waals surface area contributed by atoms with Crippen molar-refractivity contribution in [1.29, 1.82) is 0 Å². The first-order valence-corrected chi connectivity index (χ1v) is 7.56. The van der Waals surface area contributed by atoms with Gasteiger partial charge in [0, 0.05) is 25.2 Å². The van der Waals surface area contributed by atoms with Gasteiger partial charge in [-0.25, -0.2) is 19.2 Å². The van der Waals surface area contributed by atoms with Crippen LogP contribution in [0, 0.1) is 0 Å². The van der Waals surface area contributed by atoms with Crippen molar-refractivity contribution in [3.8, 4) is 0 Å². The lowest BCUT2D eigenvalue weighted by Gasteiger charge is -2.14. The SMILES string of the molecule is C=CC(=O)O.C=CC(=O)OCCc1ccc(C(=O)O)c(C(=O)O)c1CCO. The van der Waals surface area contributed by atoms with Gasteiger partial charge in [0.1, 0.15) is 0 Å². The van der Waals surface area contributed by atoms with Crippen molar-refractivity contribution < 1.29 is 44.3 Å². The molecule has 0 saturated heterocycles. The Balaban J connectivity index is 0.00000119. The van der Waals surface area contributed by atoms with Crippen LogP contribution >= 0.6 is 0 Å². The maximum Gasteiger partial charge on any atom is 0.336 e. The van der Waals surface area contributed by atoms with Gasteiger partial charge in [0.15, 0.2) is 0 Å². The molecule has 4 N–H and O–H groups in total. The van der Waals surface area contributed by atoms with Crippen molar-refractivity contribution in [2.45, 2.75) is 12.8 Å². The number of aromatic carboxylic acids is 2. The fraction of sp³-hybridized carbons (Fsp3) is 0.222. The summed E-state index contributed by atoms with van der Waals surface area (Å²) in [7, 11) is 0. The maximum absolute atomic E-state index is 11.4. The molecular formula is C18H20O9. The smallest absolute Gasteiger partial charge is 0.336 e. The van der Waals surface area contributed by atoms with Crippen molar-refractivity contribution >= 4 is 23.9 Å². The molecule has 0 saturated carbocycles. The number of hydrogen-bond acceptors (Lipinski definition) is 6. The summed E-state index contributed by atoms with van der Waals surface area (Å²) in [5, 5.41) is 35.0. The average molecular weight is 380 g/mol. The van der Waals surface area contributed by atoms with Crippen molar-refractivity contribution in [2.24, 2.45) is 0 Å². The van der Waals surface area contributed by atoms with E-state index in [1.165, 1.54) is 12.1 Å². The van der Waals surface area contributed by atoms with E-state index >= 15 is 0 Å². The molecule has 0 aliphatic rings. The van der Waals surface area contributed by atoms with Crippen LogP contribution in [0.1, 0.15) is 31.8 Å². The summed E-state index contributed by atoms with van der Waals surface area (Å²) in [6, 6.07) is 2.65. The maximum atomic E-state index is 11.4. The first kappa shape index (κ1) is 23.5. The Hall–Kier alpha value is -3.46. The average Bonchev–Trinajstić information content (AvgIpc) is 2.62. The molecule has 1 aromatic carbocycles. The molecule has 146 valence electrons. The number of ether oxygens (including phenoxy) is 1. The molecular weight excluding hydrogens is 360 g/mol. The number of aliphatic hydroxyl groups is 1. The minimum Gasteiger partial charge on any atom is -0.478 e. The van der Waals surface area contributed by atoms with Gasteiger partial charge >= 0.3 is 23.9 Å². The molecule has 0 amide bonds. The van der Waals surface area contributed by atoms with Gasteiger partial charge < -0.3 is 25.2 Å². The Morgan fingerprint density at radius 3 is 1.96 bits per heavy atom. The molecule has 0 aromatic heterocycles. The normalized spacial score (nSPS) is 9.37. The van der Waals surface area contributed by atoms with Crippen LogP contribution in [-0.4, -0.2) is 57.5 Å². The van der Waals surface area contributed by atoms with Crippen LogP contribution in [0.2, 0.25) is 0 Å². The summed E-state index contributed by atoms with van der Waals surface area (Å²) >= 11 is 0. The summed E-state index contributed by atoms with van der Waals surface area (Å²) in [4.78, 5) is 42.7. The summed E-state index contributed by atoms with van der Waals surface area (Å²) in [6.45, 7) is 5.88. The Morgan fingerprint density at radius 1 is 0.963 bits per heavy atom. The van der Waals surface area contributed by atoms with Crippen LogP contribution in [0.25, 0.3) is 0 Å². The number of aliphatic hydroxyl groups excluding tert-OH is 1. The molecule has 0 fully saturated rings. The molecule has 0 bridgehead atoms. The molecule has 27 heavy (non-hydrogen) atoms. The Morgan fingerprint density at radius 2 is 1.56 bits per heavy atom. The van der Waals surface area contributed by atoms with Crippen molar-refractivity contribution in [3.63, 3.8) is 0 Å². The van der Waals surface area contributed by atoms with Crippen LogP contribution < -0.4 is 0 Å². The topological polar surface area (TPSA) is 158 Å². The highest BCUT2D eigenvalue weighted by Crippen LogP contribution is 2.21. The van der Waals surface area contributed by atoms with Crippen LogP contribution in [-0.2, 0) is 27.2 Å². The van der Waals surface area contributed by atoms with Crippen LogP contribution in [0.15, 0.2) is 37.4 Å². The number of esters is 1. The van der Waals surface area contributed by atoms with Gasteiger partial charge in [0.25, 0.3) is 0 Å². The summed E-state index contributed by atoms with van der Waals surface area (Å²) in [5.74, 6) is -4.33. The van der Waals surface area contributed by atoms with E-state index in [0.29, 0.717) is 5.56 Å². The number of benzene rings is 1. The van der Waals surface area contributed by atoms with Gasteiger partial charge in [-0.05, 0) is 23.6 Å². The van der Waals surface area contributed by atoms with E-state index in [1.807, 2.05) is 0 Å². The fourth-order valence-corrected chi connectivity index (χ4v) is 2.07. The summed E-state index contributed by atoms with van der Waals surface area (Å²) in [6.07, 6.45) is 2.04. The van der Waals surface area contributed by atoms with Crippen molar-refractivity contribution in [2.75, 3.05) is 13.2 Å². The molecule has 0 unspecified atom stereocenters. The van der Waals surface area contributed by atoms with Gasteiger partial charge in [-0.2, -0.15) is 0 Å².